The Hall–Kier alpha value is -2.31. The van der Waals surface area contributed by atoms with Gasteiger partial charge in [0.25, 0.3) is 6.02 Å². The van der Waals surface area contributed by atoms with Gasteiger partial charge in [-0.15, -0.1) is 0 Å². The van der Waals surface area contributed by atoms with E-state index in [4.69, 9.17) is 26.8 Å². The number of fused-ring (bicyclic) bond motifs is 2. The highest BCUT2D eigenvalue weighted by Crippen LogP contribution is 2.46. The van der Waals surface area contributed by atoms with E-state index in [2.05, 4.69) is 9.98 Å². The maximum Gasteiger partial charge on any atom is 0.283 e. The monoisotopic (exact) mass is 387 g/mol. The third kappa shape index (κ3) is 3.47. The average Bonchev–Trinajstić information content (AvgIpc) is 3.02. The Morgan fingerprint density at radius 1 is 1.33 bits per heavy atom. The van der Waals surface area contributed by atoms with Crippen molar-refractivity contribution >= 4 is 17.6 Å². The predicted molar refractivity (Wildman–Crippen MR) is 104 cm³/mol. The van der Waals surface area contributed by atoms with E-state index in [9.17, 15) is 5.11 Å². The molecule has 4 rings (SSSR count). The highest BCUT2D eigenvalue weighted by molar-refractivity contribution is 6.30. The summed E-state index contributed by atoms with van der Waals surface area (Å²) in [7, 11) is 0. The molecule has 1 aromatic heterocycles. The molecule has 2 aliphatic rings. The molecule has 0 saturated carbocycles. The number of aliphatic hydroxyl groups is 1. The van der Waals surface area contributed by atoms with Crippen LogP contribution in [0.2, 0.25) is 5.02 Å². The fourth-order valence-corrected chi connectivity index (χ4v) is 3.94. The van der Waals surface area contributed by atoms with Crippen molar-refractivity contribution in [2.45, 2.75) is 43.9 Å². The summed E-state index contributed by atoms with van der Waals surface area (Å²) in [5.41, 5.74) is 8.07. The minimum absolute atomic E-state index is 0.149. The van der Waals surface area contributed by atoms with E-state index in [0.29, 0.717) is 30.9 Å². The molecule has 2 aliphatic heterocycles. The van der Waals surface area contributed by atoms with Gasteiger partial charge in [-0.2, -0.15) is 0 Å². The normalized spacial score (nSPS) is 24.7. The Morgan fingerprint density at radius 3 is 2.89 bits per heavy atom. The largest absolute Gasteiger partial charge is 0.490 e. The first-order valence-electron chi connectivity index (χ1n) is 9.07. The molecule has 27 heavy (non-hydrogen) atoms. The van der Waals surface area contributed by atoms with Crippen molar-refractivity contribution in [3.8, 4) is 16.9 Å². The average molecular weight is 388 g/mol. The molecule has 7 heteroatoms. The molecule has 0 radical (unpaired) electrons. The number of aliphatic imine (C=N–C) groups is 1. The van der Waals surface area contributed by atoms with E-state index in [1.807, 2.05) is 31.2 Å². The Balaban J connectivity index is 1.75. The van der Waals surface area contributed by atoms with Gasteiger partial charge in [-0.3, -0.25) is 4.98 Å². The van der Waals surface area contributed by atoms with E-state index in [-0.39, 0.29) is 12.1 Å². The summed E-state index contributed by atoms with van der Waals surface area (Å²) in [6, 6.07) is 8.01. The zero-order chi connectivity index (χ0) is 19.0. The molecule has 0 bridgehead atoms. The second-order valence-electron chi connectivity index (χ2n) is 7.11. The minimum Gasteiger partial charge on any atom is -0.490 e. The lowest BCUT2D eigenvalue weighted by molar-refractivity contribution is 0.0526. The Bertz CT molecular complexity index is 889. The van der Waals surface area contributed by atoms with E-state index in [1.165, 1.54) is 0 Å². The van der Waals surface area contributed by atoms with Crippen molar-refractivity contribution in [1.29, 1.82) is 0 Å². The van der Waals surface area contributed by atoms with Crippen LogP contribution in [0.25, 0.3) is 11.1 Å². The van der Waals surface area contributed by atoms with Crippen LogP contribution in [0, 0.1) is 0 Å². The van der Waals surface area contributed by atoms with Crippen LogP contribution in [0.3, 0.4) is 0 Å². The van der Waals surface area contributed by atoms with E-state index in [0.717, 1.165) is 22.4 Å². The van der Waals surface area contributed by atoms with Crippen LogP contribution in [0.15, 0.2) is 41.7 Å². The van der Waals surface area contributed by atoms with Gasteiger partial charge in [-0.25, -0.2) is 4.99 Å². The molecule has 1 spiro atoms. The SMILES string of the molecule is CC[C@H](O)CC1CC2(COC(N)=N2)c2cc(-c3cncc(Cl)c3)ccc2O1. The second-order valence-corrected chi connectivity index (χ2v) is 7.55. The number of amidine groups is 1. The maximum atomic E-state index is 10.1. The third-order valence-electron chi connectivity index (χ3n) is 5.17. The first kappa shape index (κ1) is 18.1. The van der Waals surface area contributed by atoms with Crippen molar-refractivity contribution < 1.29 is 14.6 Å². The van der Waals surface area contributed by atoms with Gasteiger partial charge in [0.15, 0.2) is 0 Å². The van der Waals surface area contributed by atoms with Crippen LogP contribution < -0.4 is 10.5 Å². The molecule has 142 valence electrons. The minimum atomic E-state index is -0.599. The molecule has 0 fully saturated rings. The van der Waals surface area contributed by atoms with Crippen LogP contribution in [0.4, 0.5) is 0 Å². The molecular formula is C20H22ClN3O3. The lowest BCUT2D eigenvalue weighted by Gasteiger charge is -2.37. The number of ether oxygens (including phenoxy) is 2. The van der Waals surface area contributed by atoms with Gasteiger partial charge < -0.3 is 20.3 Å². The van der Waals surface area contributed by atoms with E-state index < -0.39 is 11.6 Å². The van der Waals surface area contributed by atoms with Gasteiger partial charge in [0, 0.05) is 36.4 Å². The highest BCUT2D eigenvalue weighted by Gasteiger charge is 2.46. The zero-order valence-corrected chi connectivity index (χ0v) is 15.8. The fourth-order valence-electron chi connectivity index (χ4n) is 3.77. The standard InChI is InChI=1S/C20H22ClN3O3/c1-2-15(25)7-16-8-20(11-26-19(22)24-20)17-6-12(3-4-18(17)27-16)13-5-14(21)10-23-9-13/h3-6,9-10,15-16,25H,2,7-8,11H2,1H3,(H2,22,24)/t15-,16?,20?/m0/s1. The topological polar surface area (TPSA) is 90.0 Å². The Kier molecular flexibility index (Phi) is 4.70. The van der Waals surface area contributed by atoms with E-state index in [1.54, 1.807) is 12.4 Å². The predicted octanol–water partition coefficient (Wildman–Crippen LogP) is 3.25. The summed E-state index contributed by atoms with van der Waals surface area (Å²) >= 11 is 6.09. The number of aliphatic hydroxyl groups excluding tert-OH is 1. The summed E-state index contributed by atoms with van der Waals surface area (Å²) in [4.78, 5) is 8.79. The first-order chi connectivity index (χ1) is 13.0. The Morgan fingerprint density at radius 2 is 2.19 bits per heavy atom. The van der Waals surface area contributed by atoms with Gasteiger partial charge >= 0.3 is 0 Å². The number of halogens is 1. The number of aromatic nitrogens is 1. The Labute approximate surface area is 163 Å². The summed E-state index contributed by atoms with van der Waals surface area (Å²) in [5, 5.41) is 10.6. The van der Waals surface area contributed by atoms with Crippen molar-refractivity contribution in [2.75, 3.05) is 6.61 Å². The zero-order valence-electron chi connectivity index (χ0n) is 15.1. The first-order valence-corrected chi connectivity index (χ1v) is 9.45. The molecule has 6 nitrogen and oxygen atoms in total. The number of rotatable bonds is 4. The van der Waals surface area contributed by atoms with Crippen molar-refractivity contribution in [2.24, 2.45) is 10.7 Å². The number of benzene rings is 1. The molecular weight excluding hydrogens is 366 g/mol. The molecule has 3 atom stereocenters. The molecule has 0 aliphatic carbocycles. The van der Waals surface area contributed by atoms with Crippen molar-refractivity contribution in [3.63, 3.8) is 0 Å². The van der Waals surface area contributed by atoms with Crippen LogP contribution in [0.1, 0.15) is 31.7 Å². The fraction of sp³-hybridized carbons (Fsp3) is 0.400. The number of pyridine rings is 1. The smallest absolute Gasteiger partial charge is 0.283 e. The summed E-state index contributed by atoms with van der Waals surface area (Å²) < 4.78 is 11.7. The summed E-state index contributed by atoms with van der Waals surface area (Å²) in [6.07, 6.45) is 4.66. The van der Waals surface area contributed by atoms with Crippen LogP contribution >= 0.6 is 11.6 Å². The second kappa shape index (κ2) is 7.02. The molecule has 0 amide bonds. The van der Waals surface area contributed by atoms with Crippen LogP contribution in [0.5, 0.6) is 5.75 Å². The lowest BCUT2D eigenvalue weighted by atomic mass is 9.81. The van der Waals surface area contributed by atoms with Crippen LogP contribution in [-0.4, -0.2) is 34.9 Å². The molecule has 1 aromatic carbocycles. The van der Waals surface area contributed by atoms with Crippen molar-refractivity contribution in [1.82, 2.24) is 4.98 Å². The quantitative estimate of drug-likeness (QED) is 0.840. The lowest BCUT2D eigenvalue weighted by Crippen LogP contribution is -2.40. The van der Waals surface area contributed by atoms with Gasteiger partial charge in [0.2, 0.25) is 0 Å². The molecule has 3 heterocycles. The molecule has 0 saturated heterocycles. The third-order valence-corrected chi connectivity index (χ3v) is 5.37. The number of nitrogens with zero attached hydrogens (tertiary/aromatic N) is 2. The maximum absolute atomic E-state index is 10.1. The molecule has 2 unspecified atom stereocenters. The van der Waals surface area contributed by atoms with Crippen molar-refractivity contribution in [3.05, 3.63) is 47.2 Å². The number of hydrogen-bond donors (Lipinski definition) is 2. The van der Waals surface area contributed by atoms with Gasteiger partial charge in [0.05, 0.1) is 11.1 Å². The van der Waals surface area contributed by atoms with Gasteiger partial charge in [0.1, 0.15) is 24.0 Å². The van der Waals surface area contributed by atoms with Gasteiger partial charge in [-0.1, -0.05) is 24.6 Å². The molecule has 2 aromatic rings. The summed E-state index contributed by atoms with van der Waals surface area (Å²) in [5.74, 6) is 0.746. The summed E-state index contributed by atoms with van der Waals surface area (Å²) in [6.45, 7) is 2.32. The molecule has 3 N–H and O–H groups in total. The number of nitrogens with two attached hydrogens (primary N) is 1. The highest BCUT2D eigenvalue weighted by atomic mass is 35.5. The number of hydrogen-bond acceptors (Lipinski definition) is 6. The van der Waals surface area contributed by atoms with Gasteiger partial charge in [-0.05, 0) is 30.2 Å². The van der Waals surface area contributed by atoms with E-state index >= 15 is 0 Å². The van der Waals surface area contributed by atoms with Crippen LogP contribution in [-0.2, 0) is 10.3 Å².